The summed E-state index contributed by atoms with van der Waals surface area (Å²) < 4.78 is 27.7. The summed E-state index contributed by atoms with van der Waals surface area (Å²) in [6, 6.07) is 15.0. The average Bonchev–Trinajstić information content (AvgIpc) is 2.99. The van der Waals surface area contributed by atoms with E-state index in [1.807, 2.05) is 30.3 Å². The van der Waals surface area contributed by atoms with E-state index in [1.54, 1.807) is 25.3 Å². The minimum atomic E-state index is -0.934. The Kier molecular flexibility index (Phi) is 9.08. The fourth-order valence-corrected chi connectivity index (χ4v) is 4.93. The number of benzene rings is 2. The highest BCUT2D eigenvalue weighted by Crippen LogP contribution is 2.46. The number of hydrogen-bond donors (Lipinski definition) is 1. The number of esters is 1. The summed E-state index contributed by atoms with van der Waals surface area (Å²) in [5, 5.41) is 18.6. The highest BCUT2D eigenvalue weighted by molar-refractivity contribution is 7.99. The lowest BCUT2D eigenvalue weighted by Crippen LogP contribution is -2.27. The van der Waals surface area contributed by atoms with E-state index in [-0.39, 0.29) is 35.1 Å². The van der Waals surface area contributed by atoms with Crippen molar-refractivity contribution in [1.82, 2.24) is 15.2 Å². The summed E-state index contributed by atoms with van der Waals surface area (Å²) in [5.74, 6) is -0.378. The van der Waals surface area contributed by atoms with E-state index in [0.29, 0.717) is 33.7 Å². The number of carbonyl (C=O) groups excluding carboxylic acids is 1. The highest BCUT2D eigenvalue weighted by Gasteiger charge is 2.38. The van der Waals surface area contributed by atoms with Crippen LogP contribution in [0.4, 0.5) is 0 Å². The van der Waals surface area contributed by atoms with Crippen LogP contribution in [-0.4, -0.2) is 54.8 Å². The number of thioether (sulfide) groups is 1. The Morgan fingerprint density at radius 2 is 1.82 bits per heavy atom. The maximum absolute atomic E-state index is 13.4. The minimum absolute atomic E-state index is 0.0371. The van der Waals surface area contributed by atoms with Crippen molar-refractivity contribution >= 4 is 17.7 Å². The highest BCUT2D eigenvalue weighted by atomic mass is 32.2. The molecule has 3 aromatic rings. The fourth-order valence-electron chi connectivity index (χ4n) is 4.19. The zero-order chi connectivity index (χ0) is 28.6. The number of nitrogens with two attached hydrogens (primary N) is 1. The molecule has 2 heterocycles. The second kappa shape index (κ2) is 12.9. The van der Waals surface area contributed by atoms with Crippen LogP contribution in [0.15, 0.2) is 76.6 Å². The Hall–Kier alpha value is -4.76. The first-order valence-electron chi connectivity index (χ1n) is 12.1. The molecule has 0 fully saturated rings. The van der Waals surface area contributed by atoms with Gasteiger partial charge in [-0.15, -0.1) is 5.10 Å². The third kappa shape index (κ3) is 5.79. The van der Waals surface area contributed by atoms with Crippen molar-refractivity contribution in [2.75, 3.05) is 33.7 Å². The minimum Gasteiger partial charge on any atom is -0.493 e. The molecule has 0 spiro atoms. The molecule has 0 aliphatic carbocycles. The van der Waals surface area contributed by atoms with Gasteiger partial charge in [-0.3, -0.25) is 0 Å². The smallest absolute Gasteiger partial charge is 0.338 e. The Balaban J connectivity index is 1.79. The number of allylic oxidation sites excluding steroid dienone is 1. The molecule has 1 aliphatic rings. The number of methoxy groups -OCH3 is 3. The van der Waals surface area contributed by atoms with Crippen LogP contribution in [0, 0.1) is 11.3 Å². The van der Waals surface area contributed by atoms with Crippen LogP contribution in [0.5, 0.6) is 17.2 Å². The zero-order valence-corrected chi connectivity index (χ0v) is 23.2. The standard InChI is InChI=1S/C28H27N5O6S/c1-5-38-27(34)24-22(15-40-28-32-19(14-31-33-28)16-9-7-6-8-10-16)39-26(30)18(13-29)23(24)17-11-20(35-2)25(37-4)21(12-17)36-3/h6-12,14,23H,5,15,30H2,1-4H3/t23-/m1/s1. The van der Waals surface area contributed by atoms with E-state index < -0.39 is 11.9 Å². The number of aromatic nitrogens is 3. The first-order chi connectivity index (χ1) is 19.4. The van der Waals surface area contributed by atoms with Crippen LogP contribution in [0.3, 0.4) is 0 Å². The van der Waals surface area contributed by atoms with Gasteiger partial charge in [0.2, 0.25) is 16.8 Å². The molecular formula is C28H27N5O6S. The molecule has 1 aliphatic heterocycles. The number of nitriles is 1. The summed E-state index contributed by atoms with van der Waals surface area (Å²) in [7, 11) is 4.43. The number of rotatable bonds is 10. The van der Waals surface area contributed by atoms with Gasteiger partial charge in [-0.05, 0) is 24.6 Å². The van der Waals surface area contributed by atoms with Crippen molar-refractivity contribution in [3.8, 4) is 34.6 Å². The van der Waals surface area contributed by atoms with Gasteiger partial charge in [0.15, 0.2) is 11.5 Å². The monoisotopic (exact) mass is 561 g/mol. The van der Waals surface area contributed by atoms with Gasteiger partial charge in [0, 0.05) is 5.56 Å². The van der Waals surface area contributed by atoms with E-state index in [4.69, 9.17) is 29.4 Å². The van der Waals surface area contributed by atoms with Gasteiger partial charge in [-0.1, -0.05) is 42.1 Å². The molecule has 0 unspecified atom stereocenters. The summed E-state index contributed by atoms with van der Waals surface area (Å²) in [5.41, 5.74) is 8.39. The van der Waals surface area contributed by atoms with Gasteiger partial charge in [-0.2, -0.15) is 10.4 Å². The van der Waals surface area contributed by atoms with Gasteiger partial charge >= 0.3 is 5.97 Å². The van der Waals surface area contributed by atoms with Crippen LogP contribution in [0.1, 0.15) is 18.4 Å². The third-order valence-electron chi connectivity index (χ3n) is 5.95. The summed E-state index contributed by atoms with van der Waals surface area (Å²) >= 11 is 1.20. The lowest BCUT2D eigenvalue weighted by molar-refractivity contribution is -0.139. The molecular weight excluding hydrogens is 534 g/mol. The van der Waals surface area contributed by atoms with Crippen LogP contribution in [0.25, 0.3) is 11.3 Å². The number of ether oxygens (including phenoxy) is 5. The van der Waals surface area contributed by atoms with Gasteiger partial charge in [0.25, 0.3) is 0 Å². The lowest BCUT2D eigenvalue weighted by Gasteiger charge is -2.28. The molecule has 4 rings (SSSR count). The van der Waals surface area contributed by atoms with Crippen molar-refractivity contribution in [2.45, 2.75) is 18.0 Å². The molecule has 0 saturated carbocycles. The van der Waals surface area contributed by atoms with E-state index in [0.717, 1.165) is 5.56 Å². The Morgan fingerprint density at radius 3 is 2.42 bits per heavy atom. The van der Waals surface area contributed by atoms with Crippen molar-refractivity contribution in [1.29, 1.82) is 5.26 Å². The van der Waals surface area contributed by atoms with E-state index >= 15 is 0 Å². The predicted molar refractivity (Wildman–Crippen MR) is 146 cm³/mol. The molecule has 11 nitrogen and oxygen atoms in total. The molecule has 1 aromatic heterocycles. The largest absolute Gasteiger partial charge is 0.493 e. The Bertz CT molecular complexity index is 1480. The number of hydrogen-bond acceptors (Lipinski definition) is 12. The van der Waals surface area contributed by atoms with Crippen LogP contribution < -0.4 is 19.9 Å². The average molecular weight is 562 g/mol. The van der Waals surface area contributed by atoms with Crippen molar-refractivity contribution in [3.63, 3.8) is 0 Å². The second-order valence-corrected chi connectivity index (χ2v) is 9.16. The number of nitrogens with zero attached hydrogens (tertiary/aromatic N) is 4. The van der Waals surface area contributed by atoms with E-state index in [9.17, 15) is 10.1 Å². The van der Waals surface area contributed by atoms with Gasteiger partial charge in [0.05, 0.1) is 57.1 Å². The normalized spacial score (nSPS) is 14.7. The van der Waals surface area contributed by atoms with Crippen molar-refractivity contribution in [3.05, 3.63) is 77.0 Å². The van der Waals surface area contributed by atoms with Gasteiger partial charge in [-0.25, -0.2) is 9.78 Å². The molecule has 0 bridgehead atoms. The van der Waals surface area contributed by atoms with Crippen LogP contribution >= 0.6 is 11.8 Å². The van der Waals surface area contributed by atoms with Crippen molar-refractivity contribution in [2.24, 2.45) is 5.73 Å². The first-order valence-corrected chi connectivity index (χ1v) is 13.1. The number of carbonyl (C=O) groups is 1. The maximum atomic E-state index is 13.4. The molecule has 40 heavy (non-hydrogen) atoms. The second-order valence-electron chi connectivity index (χ2n) is 8.22. The molecule has 0 radical (unpaired) electrons. The molecule has 206 valence electrons. The SMILES string of the molecule is CCOC(=O)C1=C(CSc2nncc(-c3ccccc3)n2)OC(N)=C(C#N)[C@H]1c1cc(OC)c(OC)c(OC)c1. The molecule has 2 N–H and O–H groups in total. The Labute approximate surface area is 235 Å². The molecule has 2 aromatic carbocycles. The topological polar surface area (TPSA) is 152 Å². The van der Waals surface area contributed by atoms with Crippen LogP contribution in [0.2, 0.25) is 0 Å². The third-order valence-corrected chi connectivity index (χ3v) is 6.79. The first kappa shape index (κ1) is 28.3. The summed E-state index contributed by atoms with van der Waals surface area (Å²) in [6.07, 6.45) is 1.57. The summed E-state index contributed by atoms with van der Waals surface area (Å²) in [6.45, 7) is 1.80. The predicted octanol–water partition coefficient (Wildman–Crippen LogP) is 3.98. The van der Waals surface area contributed by atoms with Gasteiger partial charge in [0.1, 0.15) is 17.4 Å². The zero-order valence-electron chi connectivity index (χ0n) is 22.3. The fraction of sp³-hybridized carbons (Fsp3) is 0.250. The van der Waals surface area contributed by atoms with Crippen molar-refractivity contribution < 1.29 is 28.5 Å². The molecule has 12 heteroatoms. The van der Waals surface area contributed by atoms with Crippen LogP contribution in [-0.2, 0) is 14.3 Å². The maximum Gasteiger partial charge on any atom is 0.338 e. The molecule has 1 atom stereocenters. The Morgan fingerprint density at radius 1 is 1.12 bits per heavy atom. The van der Waals surface area contributed by atoms with E-state index in [1.165, 1.54) is 33.1 Å². The van der Waals surface area contributed by atoms with Gasteiger partial charge < -0.3 is 29.4 Å². The molecule has 0 amide bonds. The lowest BCUT2D eigenvalue weighted by atomic mass is 9.82. The van der Waals surface area contributed by atoms with E-state index in [2.05, 4.69) is 21.3 Å². The summed E-state index contributed by atoms with van der Waals surface area (Å²) in [4.78, 5) is 17.9. The quantitative estimate of drug-likeness (QED) is 0.281. The molecule has 0 saturated heterocycles.